The highest BCUT2D eigenvalue weighted by Crippen LogP contribution is 2.25. The van der Waals surface area contributed by atoms with Crippen LogP contribution in [0.3, 0.4) is 0 Å². The Balaban J connectivity index is 2.12. The van der Waals surface area contributed by atoms with Gasteiger partial charge in [-0.15, -0.1) is 0 Å². The second kappa shape index (κ2) is 4.87. The van der Waals surface area contributed by atoms with Crippen LogP contribution in [-0.4, -0.2) is 9.97 Å². The fourth-order valence-corrected chi connectivity index (χ4v) is 2.48. The van der Waals surface area contributed by atoms with Gasteiger partial charge in [-0.2, -0.15) is 0 Å². The topological polar surface area (TPSA) is 37.8 Å². The van der Waals surface area contributed by atoms with Gasteiger partial charge in [0.1, 0.15) is 5.82 Å². The summed E-state index contributed by atoms with van der Waals surface area (Å²) in [5, 5.41) is 3.37. The molecule has 0 saturated carbocycles. The van der Waals surface area contributed by atoms with Crippen molar-refractivity contribution in [1.29, 1.82) is 0 Å². The van der Waals surface area contributed by atoms with Gasteiger partial charge >= 0.3 is 0 Å². The van der Waals surface area contributed by atoms with E-state index < -0.39 is 5.82 Å². The van der Waals surface area contributed by atoms with E-state index >= 15 is 0 Å². The minimum Gasteiger partial charge on any atom is -0.307 e. The predicted molar refractivity (Wildman–Crippen MR) is 72.4 cm³/mol. The smallest absolute Gasteiger partial charge is 0.159 e. The van der Waals surface area contributed by atoms with Gasteiger partial charge in [-0.05, 0) is 24.6 Å². The molecule has 0 amide bonds. The van der Waals surface area contributed by atoms with Gasteiger partial charge in [0, 0.05) is 29.9 Å². The highest BCUT2D eigenvalue weighted by Gasteiger charge is 2.18. The van der Waals surface area contributed by atoms with Crippen LogP contribution in [0.2, 0.25) is 5.02 Å². The van der Waals surface area contributed by atoms with Crippen molar-refractivity contribution in [1.82, 2.24) is 15.3 Å². The molecule has 1 aromatic carbocycles. The van der Waals surface area contributed by atoms with Crippen molar-refractivity contribution in [3.63, 3.8) is 0 Å². The summed E-state index contributed by atoms with van der Waals surface area (Å²) >= 11 is 5.81. The van der Waals surface area contributed by atoms with Gasteiger partial charge in [0.25, 0.3) is 0 Å². The first-order valence-electron chi connectivity index (χ1n) is 6.24. The summed E-state index contributed by atoms with van der Waals surface area (Å²) in [6.45, 7) is 3.65. The summed E-state index contributed by atoms with van der Waals surface area (Å²) in [5.74, 6) is 0.185. The van der Waals surface area contributed by atoms with Crippen LogP contribution in [-0.2, 0) is 19.5 Å². The molecule has 0 bridgehead atoms. The first-order chi connectivity index (χ1) is 9.19. The van der Waals surface area contributed by atoms with Crippen LogP contribution in [0.1, 0.15) is 23.9 Å². The molecule has 3 rings (SSSR count). The van der Waals surface area contributed by atoms with Crippen LogP contribution < -0.4 is 5.32 Å². The Bertz CT molecular complexity index is 643. The Morgan fingerprint density at radius 2 is 2.16 bits per heavy atom. The number of nitrogens with zero attached hydrogens (tertiary/aromatic N) is 2. The minimum atomic E-state index is -0.427. The first kappa shape index (κ1) is 12.5. The number of rotatable bonds is 2. The average Bonchev–Trinajstić information content (AvgIpc) is 2.89. The lowest BCUT2D eigenvalue weighted by atomic mass is 10.1. The standard InChI is InChI=1S/C14H13ClFN3/c1-2-12-9-6-17-7-13(9)19-14(18-12)8-3-4-11(16)10(15)5-8/h3-5,17H,2,6-7H2,1H3. The molecule has 1 aliphatic rings. The van der Waals surface area contributed by atoms with E-state index in [0.29, 0.717) is 5.82 Å². The lowest BCUT2D eigenvalue weighted by molar-refractivity contribution is 0.628. The number of hydrogen-bond acceptors (Lipinski definition) is 3. The number of aryl methyl sites for hydroxylation is 1. The third kappa shape index (κ3) is 2.22. The van der Waals surface area contributed by atoms with E-state index in [1.807, 2.05) is 0 Å². The molecule has 5 heteroatoms. The zero-order valence-electron chi connectivity index (χ0n) is 10.5. The Labute approximate surface area is 115 Å². The summed E-state index contributed by atoms with van der Waals surface area (Å²) in [7, 11) is 0. The molecule has 2 aromatic rings. The van der Waals surface area contributed by atoms with Crippen LogP contribution in [0.5, 0.6) is 0 Å². The zero-order valence-corrected chi connectivity index (χ0v) is 11.3. The molecule has 0 spiro atoms. The van der Waals surface area contributed by atoms with Gasteiger partial charge in [-0.25, -0.2) is 14.4 Å². The molecule has 0 saturated heterocycles. The molecule has 0 radical (unpaired) electrons. The molecule has 1 N–H and O–H groups in total. The highest BCUT2D eigenvalue weighted by atomic mass is 35.5. The molecule has 98 valence electrons. The molecule has 0 atom stereocenters. The Hall–Kier alpha value is -1.52. The largest absolute Gasteiger partial charge is 0.307 e. The van der Waals surface area contributed by atoms with Crippen molar-refractivity contribution < 1.29 is 4.39 Å². The normalized spacial score (nSPS) is 13.6. The van der Waals surface area contributed by atoms with E-state index in [1.165, 1.54) is 11.6 Å². The van der Waals surface area contributed by atoms with Crippen LogP contribution in [0, 0.1) is 5.82 Å². The molecular formula is C14H13ClFN3. The fraction of sp³-hybridized carbons (Fsp3) is 0.286. The predicted octanol–water partition coefficient (Wildman–Crippen LogP) is 3.10. The van der Waals surface area contributed by atoms with Crippen LogP contribution in [0.4, 0.5) is 4.39 Å². The number of fused-ring (bicyclic) bond motifs is 1. The lowest BCUT2D eigenvalue weighted by Crippen LogP contribution is -2.02. The first-order valence-corrected chi connectivity index (χ1v) is 6.61. The Morgan fingerprint density at radius 3 is 2.89 bits per heavy atom. The molecule has 19 heavy (non-hydrogen) atoms. The summed E-state index contributed by atoms with van der Waals surface area (Å²) in [6.07, 6.45) is 0.856. The van der Waals surface area contributed by atoms with Gasteiger partial charge in [0.05, 0.1) is 10.7 Å². The van der Waals surface area contributed by atoms with E-state index in [4.69, 9.17) is 11.6 Å². The number of halogens is 2. The van der Waals surface area contributed by atoms with Gasteiger partial charge in [0.15, 0.2) is 5.82 Å². The fourth-order valence-electron chi connectivity index (χ4n) is 2.30. The van der Waals surface area contributed by atoms with Crippen molar-refractivity contribution in [2.75, 3.05) is 0 Å². The summed E-state index contributed by atoms with van der Waals surface area (Å²) < 4.78 is 13.2. The van der Waals surface area contributed by atoms with Crippen LogP contribution in [0.25, 0.3) is 11.4 Å². The third-order valence-electron chi connectivity index (χ3n) is 3.29. The Morgan fingerprint density at radius 1 is 1.32 bits per heavy atom. The minimum absolute atomic E-state index is 0.0952. The maximum atomic E-state index is 13.2. The maximum Gasteiger partial charge on any atom is 0.159 e. The monoisotopic (exact) mass is 277 g/mol. The van der Waals surface area contributed by atoms with Crippen molar-refractivity contribution in [3.05, 3.63) is 46.0 Å². The van der Waals surface area contributed by atoms with E-state index in [0.717, 1.165) is 36.5 Å². The van der Waals surface area contributed by atoms with E-state index in [9.17, 15) is 4.39 Å². The lowest BCUT2D eigenvalue weighted by Gasteiger charge is -2.08. The van der Waals surface area contributed by atoms with Gasteiger partial charge in [0.2, 0.25) is 0 Å². The molecule has 3 nitrogen and oxygen atoms in total. The summed E-state index contributed by atoms with van der Waals surface area (Å²) in [5.41, 5.74) is 4.02. The molecule has 2 heterocycles. The quantitative estimate of drug-likeness (QED) is 0.917. The second-order valence-electron chi connectivity index (χ2n) is 4.51. The molecule has 0 fully saturated rings. The third-order valence-corrected chi connectivity index (χ3v) is 3.57. The van der Waals surface area contributed by atoms with Crippen molar-refractivity contribution in [2.45, 2.75) is 26.4 Å². The second-order valence-corrected chi connectivity index (χ2v) is 4.91. The van der Waals surface area contributed by atoms with E-state index in [2.05, 4.69) is 22.2 Å². The molecule has 0 unspecified atom stereocenters. The molecular weight excluding hydrogens is 265 g/mol. The van der Waals surface area contributed by atoms with Crippen molar-refractivity contribution in [2.24, 2.45) is 0 Å². The summed E-state index contributed by atoms with van der Waals surface area (Å²) in [4.78, 5) is 9.12. The molecule has 0 aliphatic carbocycles. The summed E-state index contributed by atoms with van der Waals surface area (Å²) in [6, 6.07) is 4.57. The van der Waals surface area contributed by atoms with Crippen molar-refractivity contribution in [3.8, 4) is 11.4 Å². The van der Waals surface area contributed by atoms with Gasteiger partial charge in [-0.1, -0.05) is 18.5 Å². The Kier molecular flexibility index (Phi) is 3.21. The number of hydrogen-bond donors (Lipinski definition) is 1. The van der Waals surface area contributed by atoms with E-state index in [-0.39, 0.29) is 5.02 Å². The van der Waals surface area contributed by atoms with Crippen LogP contribution in [0.15, 0.2) is 18.2 Å². The van der Waals surface area contributed by atoms with E-state index in [1.54, 1.807) is 12.1 Å². The number of nitrogens with one attached hydrogen (secondary N) is 1. The SMILES string of the molecule is CCc1nc(-c2ccc(F)c(Cl)c2)nc2c1CNC2. The van der Waals surface area contributed by atoms with Gasteiger partial charge < -0.3 is 5.32 Å². The average molecular weight is 278 g/mol. The van der Waals surface area contributed by atoms with Gasteiger partial charge in [-0.3, -0.25) is 0 Å². The number of benzene rings is 1. The van der Waals surface area contributed by atoms with Crippen LogP contribution >= 0.6 is 11.6 Å². The maximum absolute atomic E-state index is 13.2. The molecule has 1 aliphatic heterocycles. The number of aromatic nitrogens is 2. The zero-order chi connectivity index (χ0) is 13.4. The highest BCUT2D eigenvalue weighted by molar-refractivity contribution is 6.31. The molecule has 1 aromatic heterocycles. The van der Waals surface area contributed by atoms with Crippen molar-refractivity contribution >= 4 is 11.6 Å².